The number of carbonyl (C=O) groups is 1. The molecule has 19 heavy (non-hydrogen) atoms. The summed E-state index contributed by atoms with van der Waals surface area (Å²) in [4.78, 5) is 15.8. The molecule has 1 amide bonds. The summed E-state index contributed by atoms with van der Waals surface area (Å²) < 4.78 is 22.4. The van der Waals surface area contributed by atoms with Crippen LogP contribution in [0.25, 0.3) is 0 Å². The molecule has 2 aliphatic rings. The summed E-state index contributed by atoms with van der Waals surface area (Å²) in [5, 5.41) is 0. The van der Waals surface area contributed by atoms with E-state index in [4.69, 9.17) is 0 Å². The van der Waals surface area contributed by atoms with Gasteiger partial charge < -0.3 is 9.80 Å². The summed E-state index contributed by atoms with van der Waals surface area (Å²) in [5.41, 5.74) is 0. The summed E-state index contributed by atoms with van der Waals surface area (Å²) in [6.07, 6.45) is 5.24. The molecule has 0 aliphatic carbocycles. The van der Waals surface area contributed by atoms with E-state index in [1.807, 2.05) is 4.90 Å². The fraction of sp³-hybridized carbons (Fsp3) is 0.923. The number of rotatable bonds is 5. The first-order valence-electron chi connectivity index (χ1n) is 7.12. The van der Waals surface area contributed by atoms with Gasteiger partial charge in [-0.05, 0) is 31.7 Å². The first kappa shape index (κ1) is 14.8. The van der Waals surface area contributed by atoms with Crippen molar-refractivity contribution >= 4 is 15.7 Å². The van der Waals surface area contributed by atoms with Crippen molar-refractivity contribution in [1.29, 1.82) is 0 Å². The second kappa shape index (κ2) is 6.22. The van der Waals surface area contributed by atoms with Crippen LogP contribution in [0, 0.1) is 5.92 Å². The Morgan fingerprint density at radius 3 is 2.68 bits per heavy atom. The number of likely N-dealkylation sites (tertiary alicyclic amines) is 2. The van der Waals surface area contributed by atoms with Gasteiger partial charge in [-0.1, -0.05) is 0 Å². The molecule has 0 N–H and O–H groups in total. The van der Waals surface area contributed by atoms with Crippen LogP contribution in [0.5, 0.6) is 0 Å². The van der Waals surface area contributed by atoms with Crippen LogP contribution in [0.4, 0.5) is 0 Å². The van der Waals surface area contributed by atoms with E-state index in [0.29, 0.717) is 18.9 Å². The molecule has 1 atom stereocenters. The van der Waals surface area contributed by atoms with Crippen molar-refractivity contribution in [2.24, 2.45) is 5.92 Å². The molecule has 1 unspecified atom stereocenters. The number of nitrogens with zero attached hydrogens (tertiary/aromatic N) is 2. The van der Waals surface area contributed by atoms with E-state index < -0.39 is 9.84 Å². The standard InChI is InChI=1S/C13H24N2O3S/c1-19(17,18)9-8-14-6-2-4-12(10-14)11-15-7-3-5-13(15)16/h12H,2-11H2,1H3. The molecule has 6 heteroatoms. The van der Waals surface area contributed by atoms with E-state index in [0.717, 1.165) is 45.4 Å². The predicted molar refractivity (Wildman–Crippen MR) is 74.7 cm³/mol. The van der Waals surface area contributed by atoms with E-state index in [2.05, 4.69) is 4.90 Å². The fourth-order valence-electron chi connectivity index (χ4n) is 3.01. The van der Waals surface area contributed by atoms with Gasteiger partial charge in [-0.2, -0.15) is 0 Å². The Bertz CT molecular complexity index is 422. The zero-order valence-corrected chi connectivity index (χ0v) is 12.5. The lowest BCUT2D eigenvalue weighted by Gasteiger charge is -2.34. The maximum Gasteiger partial charge on any atom is 0.222 e. The number of carbonyl (C=O) groups excluding carboxylic acids is 1. The molecule has 0 saturated carbocycles. The molecule has 0 aromatic heterocycles. The molecule has 0 aromatic rings. The minimum Gasteiger partial charge on any atom is -0.342 e. The minimum absolute atomic E-state index is 0.238. The fourth-order valence-corrected chi connectivity index (χ4v) is 3.60. The Labute approximate surface area is 115 Å². The van der Waals surface area contributed by atoms with Crippen LogP contribution in [-0.4, -0.2) is 68.9 Å². The Hall–Kier alpha value is -0.620. The second-order valence-electron chi connectivity index (χ2n) is 5.88. The molecule has 0 bridgehead atoms. The highest BCUT2D eigenvalue weighted by Gasteiger charge is 2.26. The van der Waals surface area contributed by atoms with E-state index in [1.165, 1.54) is 6.26 Å². The van der Waals surface area contributed by atoms with E-state index in [9.17, 15) is 13.2 Å². The van der Waals surface area contributed by atoms with Crippen LogP contribution in [-0.2, 0) is 14.6 Å². The third-order valence-corrected chi connectivity index (χ3v) is 4.96. The lowest BCUT2D eigenvalue weighted by Crippen LogP contribution is -2.42. The average Bonchev–Trinajstić information content (AvgIpc) is 2.72. The molecule has 2 rings (SSSR count). The Morgan fingerprint density at radius 1 is 1.26 bits per heavy atom. The third kappa shape index (κ3) is 4.76. The molecule has 5 nitrogen and oxygen atoms in total. The maximum atomic E-state index is 11.6. The molecular weight excluding hydrogens is 264 g/mol. The number of hydrogen-bond acceptors (Lipinski definition) is 4. The summed E-state index contributed by atoms with van der Waals surface area (Å²) in [6.45, 7) is 4.30. The highest BCUT2D eigenvalue weighted by molar-refractivity contribution is 7.90. The molecule has 0 spiro atoms. The molecule has 0 aromatic carbocycles. The van der Waals surface area contributed by atoms with Gasteiger partial charge in [0.15, 0.2) is 0 Å². The number of hydrogen-bond donors (Lipinski definition) is 0. The van der Waals surface area contributed by atoms with E-state index >= 15 is 0 Å². The molecule has 0 radical (unpaired) electrons. The molecule has 2 aliphatic heterocycles. The van der Waals surface area contributed by atoms with Crippen molar-refractivity contribution in [3.63, 3.8) is 0 Å². The smallest absolute Gasteiger partial charge is 0.222 e. The molecular formula is C13H24N2O3S. The highest BCUT2D eigenvalue weighted by atomic mass is 32.2. The van der Waals surface area contributed by atoms with Gasteiger partial charge in [0, 0.05) is 38.9 Å². The van der Waals surface area contributed by atoms with Gasteiger partial charge in [0.05, 0.1) is 5.75 Å². The van der Waals surface area contributed by atoms with Crippen molar-refractivity contribution in [3.8, 4) is 0 Å². The monoisotopic (exact) mass is 288 g/mol. The van der Waals surface area contributed by atoms with Crippen LogP contribution in [0.15, 0.2) is 0 Å². The molecule has 110 valence electrons. The SMILES string of the molecule is CS(=O)(=O)CCN1CCCC(CN2CCCC2=O)C1. The van der Waals surface area contributed by atoms with Gasteiger partial charge in [-0.25, -0.2) is 8.42 Å². The van der Waals surface area contributed by atoms with Gasteiger partial charge in [0.25, 0.3) is 0 Å². The Morgan fingerprint density at radius 2 is 2.05 bits per heavy atom. The van der Waals surface area contributed by atoms with Gasteiger partial charge in [0.2, 0.25) is 5.91 Å². The third-order valence-electron chi connectivity index (χ3n) is 4.03. The summed E-state index contributed by atoms with van der Waals surface area (Å²) >= 11 is 0. The first-order chi connectivity index (χ1) is 8.94. The summed E-state index contributed by atoms with van der Waals surface area (Å²) in [7, 11) is -2.88. The lowest BCUT2D eigenvalue weighted by atomic mass is 9.97. The second-order valence-corrected chi connectivity index (χ2v) is 8.14. The number of piperidine rings is 1. The molecule has 2 fully saturated rings. The average molecular weight is 288 g/mol. The van der Waals surface area contributed by atoms with Gasteiger partial charge >= 0.3 is 0 Å². The summed E-state index contributed by atoms with van der Waals surface area (Å²) in [6, 6.07) is 0. The Balaban J connectivity index is 1.78. The van der Waals surface area contributed by atoms with E-state index in [1.54, 1.807) is 0 Å². The lowest BCUT2D eigenvalue weighted by molar-refractivity contribution is -0.128. The Kier molecular flexibility index (Phi) is 4.84. The zero-order valence-electron chi connectivity index (χ0n) is 11.7. The number of amides is 1. The summed E-state index contributed by atoms with van der Waals surface area (Å²) in [5.74, 6) is 1.03. The molecule has 2 saturated heterocycles. The first-order valence-corrected chi connectivity index (χ1v) is 9.18. The highest BCUT2D eigenvalue weighted by Crippen LogP contribution is 2.20. The van der Waals surface area contributed by atoms with Gasteiger partial charge in [-0.15, -0.1) is 0 Å². The van der Waals surface area contributed by atoms with Crippen molar-refractivity contribution in [3.05, 3.63) is 0 Å². The topological polar surface area (TPSA) is 57.7 Å². The van der Waals surface area contributed by atoms with Crippen LogP contribution in [0.1, 0.15) is 25.7 Å². The van der Waals surface area contributed by atoms with Crippen molar-refractivity contribution < 1.29 is 13.2 Å². The van der Waals surface area contributed by atoms with Crippen molar-refractivity contribution in [2.45, 2.75) is 25.7 Å². The minimum atomic E-state index is -2.88. The zero-order chi connectivity index (χ0) is 13.9. The van der Waals surface area contributed by atoms with Crippen LogP contribution < -0.4 is 0 Å². The van der Waals surface area contributed by atoms with Crippen LogP contribution in [0.3, 0.4) is 0 Å². The molecule has 2 heterocycles. The van der Waals surface area contributed by atoms with Crippen LogP contribution >= 0.6 is 0 Å². The number of sulfone groups is 1. The quantitative estimate of drug-likeness (QED) is 0.733. The van der Waals surface area contributed by atoms with Crippen LogP contribution in [0.2, 0.25) is 0 Å². The predicted octanol–water partition coefficient (Wildman–Crippen LogP) is 0.365. The van der Waals surface area contributed by atoms with Gasteiger partial charge in [0.1, 0.15) is 9.84 Å². The van der Waals surface area contributed by atoms with Crippen molar-refractivity contribution in [1.82, 2.24) is 9.80 Å². The van der Waals surface area contributed by atoms with Crippen molar-refractivity contribution in [2.75, 3.05) is 44.7 Å². The van der Waals surface area contributed by atoms with E-state index in [-0.39, 0.29) is 11.7 Å². The maximum absolute atomic E-state index is 11.6. The normalized spacial score (nSPS) is 26.1. The van der Waals surface area contributed by atoms with Gasteiger partial charge in [-0.3, -0.25) is 4.79 Å². The largest absolute Gasteiger partial charge is 0.342 e.